The predicted octanol–water partition coefficient (Wildman–Crippen LogP) is 3.03. The minimum absolute atomic E-state index is 0.166. The number of ketones is 1. The van der Waals surface area contributed by atoms with Gasteiger partial charge in [-0.15, -0.1) is 0 Å². The van der Waals surface area contributed by atoms with Crippen LogP contribution in [-0.4, -0.2) is 40.1 Å². The largest absolute Gasteiger partial charge is 0.463 e. The van der Waals surface area contributed by atoms with Gasteiger partial charge in [0.15, 0.2) is 0 Å². The highest BCUT2D eigenvalue weighted by Crippen LogP contribution is 2.14. The molecule has 112 valence electrons. The number of unbranched alkanes of at least 4 members (excludes halogenated alkanes) is 1. The maximum atomic E-state index is 11.6. The van der Waals surface area contributed by atoms with Crippen molar-refractivity contribution in [2.45, 2.75) is 57.8 Å². The zero-order valence-electron chi connectivity index (χ0n) is 12.8. The van der Waals surface area contributed by atoms with Crippen LogP contribution in [0.25, 0.3) is 0 Å². The van der Waals surface area contributed by atoms with Gasteiger partial charge in [0, 0.05) is 28.0 Å². The summed E-state index contributed by atoms with van der Waals surface area (Å²) in [5.74, 6) is -0.147. The van der Waals surface area contributed by atoms with E-state index in [-0.39, 0.29) is 24.8 Å². The van der Waals surface area contributed by atoms with Gasteiger partial charge in [0.25, 0.3) is 0 Å². The first-order valence-corrected chi connectivity index (χ1v) is 10.7. The van der Waals surface area contributed by atoms with Crippen LogP contribution in [0.4, 0.5) is 0 Å². The summed E-state index contributed by atoms with van der Waals surface area (Å²) in [4.78, 5) is 22.8. The van der Waals surface area contributed by atoms with Gasteiger partial charge in [0.2, 0.25) is 0 Å². The smallest absolute Gasteiger partial charge is 0.306 e. The molecule has 0 N–H and O–H groups in total. The monoisotopic (exact) mass is 288 g/mol. The fraction of sp³-hybridized carbons (Fsp3) is 0.857. The third kappa shape index (κ3) is 13.5. The number of Topliss-reactive ketones (excluding diaryl/α,β-unsaturated/α-hetero) is 1. The van der Waals surface area contributed by atoms with Gasteiger partial charge in [0.05, 0.1) is 13.0 Å². The Labute approximate surface area is 117 Å². The molecule has 0 fully saturated rings. The summed E-state index contributed by atoms with van der Waals surface area (Å²) in [6.45, 7) is 7.68. The van der Waals surface area contributed by atoms with Crippen molar-refractivity contribution in [3.8, 4) is 0 Å². The molecule has 19 heavy (non-hydrogen) atoms. The zero-order chi connectivity index (χ0) is 14.7. The van der Waals surface area contributed by atoms with E-state index in [0.717, 1.165) is 12.8 Å². The number of carbonyl (C=O) groups is 2. The molecule has 0 heterocycles. The van der Waals surface area contributed by atoms with E-state index in [2.05, 4.69) is 19.6 Å². The Bertz CT molecular complexity index is 271. The van der Waals surface area contributed by atoms with Gasteiger partial charge >= 0.3 is 5.97 Å². The maximum Gasteiger partial charge on any atom is 0.306 e. The van der Waals surface area contributed by atoms with Crippen molar-refractivity contribution in [3.05, 3.63) is 0 Å². The Kier molecular flexibility index (Phi) is 9.78. The summed E-state index contributed by atoms with van der Waals surface area (Å²) in [5.41, 5.74) is 0. The first kappa shape index (κ1) is 18.3. The third-order valence-corrected chi connectivity index (χ3v) is 4.64. The summed E-state index contributed by atoms with van der Waals surface area (Å²) < 4.78 is 9.66. The second-order valence-electron chi connectivity index (χ2n) is 6.02. The number of hydrogen-bond acceptors (Lipinski definition) is 4. The highest BCUT2D eigenvalue weighted by atomic mass is 28.3. The molecule has 0 amide bonds. The summed E-state index contributed by atoms with van der Waals surface area (Å²) in [7, 11) is 0.572. The van der Waals surface area contributed by atoms with Crippen molar-refractivity contribution in [2.75, 3.05) is 20.3 Å². The van der Waals surface area contributed by atoms with Crippen molar-refractivity contribution >= 4 is 19.8 Å². The average Bonchev–Trinajstić information content (AvgIpc) is 2.31. The number of methoxy groups -OCH3 is 1. The van der Waals surface area contributed by atoms with Crippen LogP contribution in [0.2, 0.25) is 25.7 Å². The molecule has 0 aliphatic carbocycles. The molecule has 0 radical (unpaired) electrons. The second-order valence-corrected chi connectivity index (χ2v) is 11.6. The lowest BCUT2D eigenvalue weighted by atomic mass is 10.1. The standard InChI is InChI=1S/C14H28O4Si/c1-17-10-11-18-14(16)9-8-13(15)7-5-6-12-19(2,3)4/h5-12H2,1-4H3. The minimum Gasteiger partial charge on any atom is -0.463 e. The number of carbonyl (C=O) groups excluding carboxylic acids is 2. The van der Waals surface area contributed by atoms with Crippen molar-refractivity contribution in [2.24, 2.45) is 0 Å². The molecular formula is C14H28O4Si. The van der Waals surface area contributed by atoms with Crippen molar-refractivity contribution in [3.63, 3.8) is 0 Å². The summed E-state index contributed by atoms with van der Waals surface area (Å²) in [6.07, 6.45) is 3.16. The van der Waals surface area contributed by atoms with Crippen molar-refractivity contribution in [1.29, 1.82) is 0 Å². The number of esters is 1. The molecule has 0 aromatic rings. The number of rotatable bonds is 11. The van der Waals surface area contributed by atoms with E-state index in [0.29, 0.717) is 19.4 Å². The average molecular weight is 288 g/mol. The van der Waals surface area contributed by atoms with Gasteiger partial charge < -0.3 is 9.47 Å². The van der Waals surface area contributed by atoms with Crippen molar-refractivity contribution < 1.29 is 19.1 Å². The fourth-order valence-corrected chi connectivity index (χ4v) is 2.97. The molecular weight excluding hydrogens is 260 g/mol. The van der Waals surface area contributed by atoms with E-state index in [4.69, 9.17) is 9.47 Å². The molecule has 0 unspecified atom stereocenters. The first-order valence-electron chi connectivity index (χ1n) is 7.01. The van der Waals surface area contributed by atoms with Crippen molar-refractivity contribution in [1.82, 2.24) is 0 Å². The molecule has 0 atom stereocenters. The first-order chi connectivity index (χ1) is 8.85. The molecule has 0 aromatic carbocycles. The topological polar surface area (TPSA) is 52.6 Å². The summed E-state index contributed by atoms with van der Waals surface area (Å²) >= 11 is 0. The van der Waals surface area contributed by atoms with Gasteiger partial charge in [-0.2, -0.15) is 0 Å². The molecule has 0 rings (SSSR count). The second kappa shape index (κ2) is 10.1. The van der Waals surface area contributed by atoms with E-state index in [1.807, 2.05) is 0 Å². The number of ether oxygens (including phenoxy) is 2. The minimum atomic E-state index is -0.982. The Hall–Kier alpha value is -0.683. The Morgan fingerprint density at radius 2 is 1.63 bits per heavy atom. The van der Waals surface area contributed by atoms with E-state index in [9.17, 15) is 9.59 Å². The highest BCUT2D eigenvalue weighted by Gasteiger charge is 2.13. The highest BCUT2D eigenvalue weighted by molar-refractivity contribution is 6.76. The van der Waals surface area contributed by atoms with E-state index < -0.39 is 8.07 Å². The van der Waals surface area contributed by atoms with Crippen LogP contribution in [0.1, 0.15) is 32.1 Å². The fourth-order valence-electron chi connectivity index (χ4n) is 1.65. The van der Waals surface area contributed by atoms with Crippen LogP contribution >= 0.6 is 0 Å². The van der Waals surface area contributed by atoms with Gasteiger partial charge in [-0.1, -0.05) is 32.1 Å². The lowest BCUT2D eigenvalue weighted by molar-refractivity contribution is -0.146. The Morgan fingerprint density at radius 1 is 0.947 bits per heavy atom. The van der Waals surface area contributed by atoms with Gasteiger partial charge in [-0.25, -0.2) is 0 Å². The lowest BCUT2D eigenvalue weighted by Gasteiger charge is -2.14. The SMILES string of the molecule is COCCOC(=O)CCC(=O)CCCC[Si](C)(C)C. The lowest BCUT2D eigenvalue weighted by Crippen LogP contribution is -2.18. The van der Waals surface area contributed by atoms with Crippen LogP contribution in [0.15, 0.2) is 0 Å². The normalized spacial score (nSPS) is 11.4. The molecule has 0 saturated heterocycles. The molecule has 0 aliphatic rings. The van der Waals surface area contributed by atoms with Crippen LogP contribution in [0.3, 0.4) is 0 Å². The Balaban J connectivity index is 3.51. The van der Waals surface area contributed by atoms with E-state index in [1.165, 1.54) is 6.04 Å². The van der Waals surface area contributed by atoms with Gasteiger partial charge in [-0.05, 0) is 6.42 Å². The molecule has 0 aromatic heterocycles. The van der Waals surface area contributed by atoms with Crippen LogP contribution < -0.4 is 0 Å². The van der Waals surface area contributed by atoms with Gasteiger partial charge in [-0.3, -0.25) is 9.59 Å². The zero-order valence-corrected chi connectivity index (χ0v) is 13.8. The van der Waals surface area contributed by atoms with Crippen LogP contribution in [0.5, 0.6) is 0 Å². The third-order valence-electron chi connectivity index (χ3n) is 2.79. The molecule has 0 aliphatic heterocycles. The molecule has 4 nitrogen and oxygen atoms in total. The van der Waals surface area contributed by atoms with Crippen LogP contribution in [-0.2, 0) is 19.1 Å². The quantitative estimate of drug-likeness (QED) is 0.333. The molecule has 5 heteroatoms. The predicted molar refractivity (Wildman–Crippen MR) is 79.1 cm³/mol. The molecule has 0 bridgehead atoms. The molecule has 0 spiro atoms. The maximum absolute atomic E-state index is 11.6. The van der Waals surface area contributed by atoms with E-state index in [1.54, 1.807) is 7.11 Å². The summed E-state index contributed by atoms with van der Waals surface area (Å²) in [6, 6.07) is 1.26. The summed E-state index contributed by atoms with van der Waals surface area (Å²) in [5, 5.41) is 0. The van der Waals surface area contributed by atoms with E-state index >= 15 is 0 Å². The van der Waals surface area contributed by atoms with Gasteiger partial charge in [0.1, 0.15) is 12.4 Å². The molecule has 0 saturated carbocycles. The Morgan fingerprint density at radius 3 is 2.21 bits per heavy atom. The van der Waals surface area contributed by atoms with Crippen LogP contribution in [0, 0.1) is 0 Å². The number of hydrogen-bond donors (Lipinski definition) is 0.